The average molecular weight is 762 g/mol. The van der Waals surface area contributed by atoms with Crippen molar-refractivity contribution >= 4 is 64.8 Å². The molecule has 0 atom stereocenters. The predicted molar refractivity (Wildman–Crippen MR) is 252 cm³/mol. The molecular formula is C57H35N3. The van der Waals surface area contributed by atoms with Crippen LogP contribution < -0.4 is 0 Å². The van der Waals surface area contributed by atoms with Crippen molar-refractivity contribution in [2.45, 2.75) is 0 Å². The lowest BCUT2D eigenvalue weighted by Gasteiger charge is -2.16. The number of fused-ring (bicyclic) bond motifs is 10. The maximum atomic E-state index is 5.38. The summed E-state index contributed by atoms with van der Waals surface area (Å²) in [6, 6.07) is 75.6. The quantitative estimate of drug-likeness (QED) is 0.164. The highest BCUT2D eigenvalue weighted by atomic mass is 14.9. The highest BCUT2D eigenvalue weighted by Gasteiger charge is 2.18. The molecule has 3 nitrogen and oxygen atoms in total. The SMILES string of the molecule is c1cc(-c2ccc(-c3nc4ccccc4c4c5ccccc5c5ccccc5c34)cc2)cc(-c2cc(-c3cccc4ccccc34)nc(-c3cccc4ccccc34)n2)c1. The Hall–Kier alpha value is -8.01. The minimum Gasteiger partial charge on any atom is -0.247 e. The molecule has 0 aliphatic heterocycles. The van der Waals surface area contributed by atoms with E-state index in [0.29, 0.717) is 5.82 Å². The molecule has 60 heavy (non-hydrogen) atoms. The predicted octanol–water partition coefficient (Wildman–Crippen LogP) is 15.1. The van der Waals surface area contributed by atoms with Crippen LogP contribution in [0.3, 0.4) is 0 Å². The third-order valence-corrected chi connectivity index (χ3v) is 12.0. The molecule has 0 fully saturated rings. The van der Waals surface area contributed by atoms with Crippen molar-refractivity contribution in [2.75, 3.05) is 0 Å². The van der Waals surface area contributed by atoms with E-state index >= 15 is 0 Å². The van der Waals surface area contributed by atoms with Crippen LogP contribution in [0.15, 0.2) is 212 Å². The second kappa shape index (κ2) is 13.8. The first-order valence-corrected chi connectivity index (χ1v) is 20.4. The Morgan fingerprint density at radius 2 is 0.767 bits per heavy atom. The third kappa shape index (κ3) is 5.55. The van der Waals surface area contributed by atoms with Gasteiger partial charge in [0.15, 0.2) is 5.82 Å². The van der Waals surface area contributed by atoms with Crippen molar-refractivity contribution in [1.82, 2.24) is 15.0 Å². The molecule has 0 saturated carbocycles. The van der Waals surface area contributed by atoms with E-state index in [9.17, 15) is 0 Å². The van der Waals surface area contributed by atoms with E-state index < -0.39 is 0 Å². The first-order chi connectivity index (χ1) is 29.7. The molecule has 0 radical (unpaired) electrons. The third-order valence-electron chi connectivity index (χ3n) is 12.0. The molecule has 3 heteroatoms. The van der Waals surface area contributed by atoms with Gasteiger partial charge in [-0.3, -0.25) is 0 Å². The second-order valence-electron chi connectivity index (χ2n) is 15.5. The summed E-state index contributed by atoms with van der Waals surface area (Å²) in [6.07, 6.45) is 0. The van der Waals surface area contributed by atoms with E-state index in [1.807, 2.05) is 0 Å². The smallest absolute Gasteiger partial charge is 0.161 e. The van der Waals surface area contributed by atoms with E-state index in [1.54, 1.807) is 0 Å². The summed E-state index contributed by atoms with van der Waals surface area (Å²) in [7, 11) is 0. The van der Waals surface area contributed by atoms with E-state index in [1.165, 1.54) is 43.1 Å². The Morgan fingerprint density at radius 1 is 0.267 bits per heavy atom. The van der Waals surface area contributed by atoms with Gasteiger partial charge in [0.25, 0.3) is 0 Å². The van der Waals surface area contributed by atoms with Crippen LogP contribution in [0.4, 0.5) is 0 Å². The molecular weight excluding hydrogens is 727 g/mol. The minimum absolute atomic E-state index is 0.706. The topological polar surface area (TPSA) is 38.7 Å². The van der Waals surface area contributed by atoms with Crippen LogP contribution in [-0.4, -0.2) is 15.0 Å². The summed E-state index contributed by atoms with van der Waals surface area (Å²) in [6.45, 7) is 0. The molecule has 0 spiro atoms. The fourth-order valence-electron chi connectivity index (χ4n) is 9.24. The fourth-order valence-corrected chi connectivity index (χ4v) is 9.24. The van der Waals surface area contributed by atoms with Gasteiger partial charge < -0.3 is 0 Å². The number of benzene rings is 10. The molecule has 10 aromatic carbocycles. The zero-order chi connectivity index (χ0) is 39.6. The summed E-state index contributed by atoms with van der Waals surface area (Å²) in [5.41, 5.74) is 10.2. The number of rotatable bonds is 5. The summed E-state index contributed by atoms with van der Waals surface area (Å²) in [4.78, 5) is 16.0. The maximum Gasteiger partial charge on any atom is 0.161 e. The highest BCUT2D eigenvalue weighted by Crippen LogP contribution is 2.43. The summed E-state index contributed by atoms with van der Waals surface area (Å²) in [5.74, 6) is 0.706. The molecule has 0 unspecified atom stereocenters. The van der Waals surface area contributed by atoms with Gasteiger partial charge in [-0.1, -0.05) is 194 Å². The van der Waals surface area contributed by atoms with Crippen molar-refractivity contribution in [3.05, 3.63) is 212 Å². The van der Waals surface area contributed by atoms with Crippen LogP contribution in [0.1, 0.15) is 0 Å². The average Bonchev–Trinajstić information content (AvgIpc) is 3.33. The summed E-state index contributed by atoms with van der Waals surface area (Å²) < 4.78 is 0. The number of nitrogens with zero attached hydrogens (tertiary/aromatic N) is 3. The van der Waals surface area contributed by atoms with Crippen LogP contribution in [0.5, 0.6) is 0 Å². The number of pyridine rings is 1. The van der Waals surface area contributed by atoms with Crippen LogP contribution >= 0.6 is 0 Å². The van der Waals surface area contributed by atoms with Crippen LogP contribution in [0, 0.1) is 0 Å². The zero-order valence-electron chi connectivity index (χ0n) is 32.5. The fraction of sp³-hybridized carbons (Fsp3) is 0. The molecule has 0 bridgehead atoms. The normalized spacial score (nSPS) is 11.7. The Bertz CT molecular complexity index is 3550. The molecule has 2 aromatic heterocycles. The largest absolute Gasteiger partial charge is 0.247 e. The maximum absolute atomic E-state index is 5.38. The van der Waals surface area contributed by atoms with Gasteiger partial charge in [0, 0.05) is 38.4 Å². The second-order valence-corrected chi connectivity index (χ2v) is 15.5. The highest BCUT2D eigenvalue weighted by molar-refractivity contribution is 6.33. The summed E-state index contributed by atoms with van der Waals surface area (Å²) in [5, 5.41) is 13.2. The van der Waals surface area contributed by atoms with E-state index in [2.05, 4.69) is 212 Å². The molecule has 12 rings (SSSR count). The lowest BCUT2D eigenvalue weighted by atomic mass is 9.89. The minimum atomic E-state index is 0.706. The standard InChI is InChI=1S/C57H35N3/c1-3-20-42-37(14-1)16-12-27-46(42)53-35-52(59-57(60-53)49-28-13-17-38-15-2-4-21-43(38)49)41-19-11-18-40(34-41)36-30-32-39(33-31-36)56-55-48-25-8-6-23-45(48)44-22-5-7-24-47(44)54(55)50-26-9-10-29-51(50)58-56/h1-35H. The summed E-state index contributed by atoms with van der Waals surface area (Å²) >= 11 is 0. The van der Waals surface area contributed by atoms with Crippen LogP contribution in [-0.2, 0) is 0 Å². The molecule has 0 aliphatic rings. The van der Waals surface area contributed by atoms with Crippen molar-refractivity contribution < 1.29 is 0 Å². The molecule has 12 aromatic rings. The first kappa shape index (κ1) is 34.1. The lowest BCUT2D eigenvalue weighted by Crippen LogP contribution is -1.97. The molecule has 2 heterocycles. The van der Waals surface area contributed by atoms with Crippen molar-refractivity contribution in [1.29, 1.82) is 0 Å². The van der Waals surface area contributed by atoms with Gasteiger partial charge in [-0.05, 0) is 72.4 Å². The Labute approximate surface area is 346 Å². The van der Waals surface area contributed by atoms with Gasteiger partial charge in [-0.2, -0.15) is 0 Å². The van der Waals surface area contributed by atoms with Crippen molar-refractivity contribution in [3.63, 3.8) is 0 Å². The molecule has 0 saturated heterocycles. The molecule has 0 N–H and O–H groups in total. The van der Waals surface area contributed by atoms with Gasteiger partial charge in [-0.15, -0.1) is 0 Å². The van der Waals surface area contributed by atoms with E-state index in [0.717, 1.165) is 72.1 Å². The molecule has 278 valence electrons. The zero-order valence-corrected chi connectivity index (χ0v) is 32.5. The van der Waals surface area contributed by atoms with Crippen molar-refractivity contribution in [2.24, 2.45) is 0 Å². The van der Waals surface area contributed by atoms with Gasteiger partial charge >= 0.3 is 0 Å². The van der Waals surface area contributed by atoms with Crippen molar-refractivity contribution in [3.8, 4) is 56.3 Å². The van der Waals surface area contributed by atoms with Gasteiger partial charge in [0.2, 0.25) is 0 Å². The number of hydrogen-bond donors (Lipinski definition) is 0. The lowest BCUT2D eigenvalue weighted by molar-refractivity contribution is 1.19. The van der Waals surface area contributed by atoms with E-state index in [-0.39, 0.29) is 0 Å². The van der Waals surface area contributed by atoms with Gasteiger partial charge in [-0.25, -0.2) is 15.0 Å². The Morgan fingerprint density at radius 3 is 1.48 bits per heavy atom. The molecule has 0 aliphatic carbocycles. The molecule has 0 amide bonds. The Balaban J connectivity index is 1.00. The first-order valence-electron chi connectivity index (χ1n) is 20.4. The van der Waals surface area contributed by atoms with Gasteiger partial charge in [0.1, 0.15) is 0 Å². The monoisotopic (exact) mass is 761 g/mol. The number of para-hydroxylation sites is 1. The van der Waals surface area contributed by atoms with E-state index in [4.69, 9.17) is 15.0 Å². The number of aromatic nitrogens is 3. The van der Waals surface area contributed by atoms with Crippen LogP contribution in [0.25, 0.3) is 121 Å². The Kier molecular flexibility index (Phi) is 7.85. The number of hydrogen-bond acceptors (Lipinski definition) is 3. The van der Waals surface area contributed by atoms with Crippen LogP contribution in [0.2, 0.25) is 0 Å². The van der Waals surface area contributed by atoms with Gasteiger partial charge in [0.05, 0.1) is 22.6 Å².